The molecule has 0 amide bonds. The number of aromatic nitrogens is 6. The number of hydrogen-bond donors (Lipinski definition) is 0. The van der Waals surface area contributed by atoms with Gasteiger partial charge in [-0.25, -0.2) is 9.97 Å². The smallest absolute Gasteiger partial charge is 0.182 e. The van der Waals surface area contributed by atoms with Gasteiger partial charge in [0.2, 0.25) is 0 Å². The summed E-state index contributed by atoms with van der Waals surface area (Å²) in [6.45, 7) is 0. The first kappa shape index (κ1) is 15.6. The highest BCUT2D eigenvalue weighted by atomic mass is 15.1. The summed E-state index contributed by atoms with van der Waals surface area (Å²) in [7, 11) is 0. The second kappa shape index (κ2) is 5.61. The molecule has 6 heteroatoms. The molecule has 7 rings (SSSR count). The van der Waals surface area contributed by atoms with Crippen molar-refractivity contribution in [2.45, 2.75) is 0 Å². The first-order valence-electron chi connectivity index (χ1n) is 9.74. The molecule has 0 fully saturated rings. The van der Waals surface area contributed by atoms with Crippen molar-refractivity contribution in [1.29, 1.82) is 0 Å². The minimum atomic E-state index is 0.788. The fourth-order valence-electron chi connectivity index (χ4n) is 4.42. The van der Waals surface area contributed by atoms with Crippen LogP contribution in [-0.2, 0) is 0 Å². The van der Waals surface area contributed by atoms with Gasteiger partial charge in [0.1, 0.15) is 0 Å². The molecule has 0 N–H and O–H groups in total. The average Bonchev–Trinajstić information content (AvgIpc) is 3.36. The Morgan fingerprint density at radius 2 is 0.967 bits per heavy atom. The van der Waals surface area contributed by atoms with Gasteiger partial charge >= 0.3 is 0 Å². The number of nitrogens with zero attached hydrogens (tertiary/aromatic N) is 6. The predicted molar refractivity (Wildman–Crippen MR) is 118 cm³/mol. The highest BCUT2D eigenvalue weighted by Crippen LogP contribution is 2.30. The van der Waals surface area contributed by atoms with E-state index in [9.17, 15) is 0 Å². The minimum Gasteiger partial charge on any atom is -0.288 e. The van der Waals surface area contributed by atoms with E-state index in [1.807, 2.05) is 61.2 Å². The number of pyridine rings is 2. The van der Waals surface area contributed by atoms with E-state index in [0.717, 1.165) is 55.2 Å². The molecule has 140 valence electrons. The Kier molecular flexibility index (Phi) is 2.91. The Balaban J connectivity index is 1.99. The number of rotatable bonds is 0. The molecule has 0 saturated carbocycles. The molecule has 0 aliphatic rings. The quantitative estimate of drug-likeness (QED) is 0.370. The second-order valence-electron chi connectivity index (χ2n) is 7.30. The van der Waals surface area contributed by atoms with Crippen molar-refractivity contribution in [3.63, 3.8) is 0 Å². The molecule has 5 aromatic heterocycles. The van der Waals surface area contributed by atoms with Crippen molar-refractivity contribution < 1.29 is 0 Å². The molecule has 0 atom stereocenters. The number of benzene rings is 2. The van der Waals surface area contributed by atoms with Crippen LogP contribution >= 0.6 is 0 Å². The fraction of sp³-hybridized carbons (Fsp3) is 0. The normalized spacial score (nSPS) is 12.0. The number of fused-ring (bicyclic) bond motifs is 12. The van der Waals surface area contributed by atoms with Crippen LogP contribution in [0.4, 0.5) is 0 Å². The van der Waals surface area contributed by atoms with Crippen molar-refractivity contribution >= 4 is 55.2 Å². The summed E-state index contributed by atoms with van der Waals surface area (Å²) in [5, 5.41) is 2.16. The Morgan fingerprint density at radius 1 is 0.500 bits per heavy atom. The van der Waals surface area contributed by atoms with E-state index < -0.39 is 0 Å². The zero-order valence-corrected chi connectivity index (χ0v) is 15.8. The molecule has 0 aliphatic carbocycles. The SMILES string of the molecule is c1ccc2c(c1)nc1c3nc4ccccc4n3c3cnccc3c3ccncc3n21. The first-order chi connectivity index (χ1) is 14.9. The summed E-state index contributed by atoms with van der Waals surface area (Å²) in [6.07, 6.45) is 7.46. The van der Waals surface area contributed by atoms with Gasteiger partial charge in [0.05, 0.1) is 45.5 Å². The summed E-state index contributed by atoms with van der Waals surface area (Å²) < 4.78 is 4.33. The van der Waals surface area contributed by atoms with Gasteiger partial charge in [0.15, 0.2) is 11.3 Å². The predicted octanol–water partition coefficient (Wildman–Crippen LogP) is 4.95. The lowest BCUT2D eigenvalue weighted by Crippen LogP contribution is -1.95. The van der Waals surface area contributed by atoms with Gasteiger partial charge < -0.3 is 0 Å². The summed E-state index contributed by atoms with van der Waals surface area (Å²) in [5.74, 6) is 0. The van der Waals surface area contributed by atoms with E-state index in [-0.39, 0.29) is 0 Å². The number of para-hydroxylation sites is 4. The van der Waals surface area contributed by atoms with Gasteiger partial charge in [0.25, 0.3) is 0 Å². The van der Waals surface area contributed by atoms with Gasteiger partial charge in [-0.3, -0.25) is 18.8 Å². The Morgan fingerprint density at radius 3 is 1.47 bits per heavy atom. The lowest BCUT2D eigenvalue weighted by atomic mass is 10.1. The molecule has 0 aliphatic heterocycles. The highest BCUT2D eigenvalue weighted by Gasteiger charge is 2.15. The van der Waals surface area contributed by atoms with Crippen molar-refractivity contribution in [2.75, 3.05) is 0 Å². The topological polar surface area (TPSA) is 60.4 Å². The van der Waals surface area contributed by atoms with Crippen LogP contribution in [0, 0.1) is 0 Å². The molecular formula is C24H14N6. The van der Waals surface area contributed by atoms with Crippen molar-refractivity contribution in [3.8, 4) is 0 Å². The van der Waals surface area contributed by atoms with Crippen LogP contribution in [-0.4, -0.2) is 28.7 Å². The van der Waals surface area contributed by atoms with Gasteiger partial charge in [-0.15, -0.1) is 0 Å². The van der Waals surface area contributed by atoms with E-state index in [1.165, 1.54) is 0 Å². The van der Waals surface area contributed by atoms with Crippen LogP contribution in [0.5, 0.6) is 0 Å². The molecule has 0 radical (unpaired) electrons. The van der Waals surface area contributed by atoms with Crippen molar-refractivity contribution in [3.05, 3.63) is 85.5 Å². The standard InChI is InChI=1S/C24H14N6/c1-3-7-19-17(5-1)27-23-24-28-18-6-2-4-8-20(18)30(24)22-14-26-12-10-16(22)15-9-11-25-13-21(15)29(19)23/h1-14H. The molecule has 5 heterocycles. The molecule has 30 heavy (non-hydrogen) atoms. The zero-order chi connectivity index (χ0) is 19.7. The number of hydrogen-bond acceptors (Lipinski definition) is 4. The lowest BCUT2D eigenvalue weighted by Gasteiger charge is -2.07. The highest BCUT2D eigenvalue weighted by molar-refractivity contribution is 6.07. The Labute approximate surface area is 169 Å². The largest absolute Gasteiger partial charge is 0.288 e. The lowest BCUT2D eigenvalue weighted by molar-refractivity contribution is 1.22. The molecule has 2 aromatic carbocycles. The van der Waals surface area contributed by atoms with E-state index in [2.05, 4.69) is 43.0 Å². The maximum Gasteiger partial charge on any atom is 0.182 e. The summed E-state index contributed by atoms with van der Waals surface area (Å²) >= 11 is 0. The first-order valence-corrected chi connectivity index (χ1v) is 9.74. The number of imidazole rings is 2. The van der Waals surface area contributed by atoms with Crippen molar-refractivity contribution in [2.24, 2.45) is 0 Å². The molecule has 6 nitrogen and oxygen atoms in total. The maximum absolute atomic E-state index is 4.99. The summed E-state index contributed by atoms with van der Waals surface area (Å²) in [4.78, 5) is 18.9. The third-order valence-corrected chi connectivity index (χ3v) is 5.69. The minimum absolute atomic E-state index is 0.788. The molecular weight excluding hydrogens is 372 g/mol. The van der Waals surface area contributed by atoms with Crippen LogP contribution in [0.25, 0.3) is 55.2 Å². The van der Waals surface area contributed by atoms with Gasteiger partial charge in [0, 0.05) is 23.2 Å². The van der Waals surface area contributed by atoms with E-state index in [0.29, 0.717) is 0 Å². The van der Waals surface area contributed by atoms with Crippen LogP contribution in [0.1, 0.15) is 0 Å². The zero-order valence-electron chi connectivity index (χ0n) is 15.8. The third-order valence-electron chi connectivity index (χ3n) is 5.69. The van der Waals surface area contributed by atoms with E-state index in [4.69, 9.17) is 9.97 Å². The molecule has 0 bridgehead atoms. The van der Waals surface area contributed by atoms with Gasteiger partial charge in [-0.05, 0) is 36.4 Å². The van der Waals surface area contributed by atoms with E-state index in [1.54, 1.807) is 0 Å². The van der Waals surface area contributed by atoms with Crippen LogP contribution in [0.2, 0.25) is 0 Å². The third kappa shape index (κ3) is 1.92. The monoisotopic (exact) mass is 386 g/mol. The summed E-state index contributed by atoms with van der Waals surface area (Å²) in [6, 6.07) is 20.4. The maximum atomic E-state index is 4.99. The fourth-order valence-corrected chi connectivity index (χ4v) is 4.42. The molecule has 0 unspecified atom stereocenters. The van der Waals surface area contributed by atoms with Crippen LogP contribution in [0.15, 0.2) is 85.5 Å². The average molecular weight is 386 g/mol. The Bertz CT molecular complexity index is 1680. The molecule has 0 saturated heterocycles. The van der Waals surface area contributed by atoms with Crippen LogP contribution < -0.4 is 0 Å². The molecule has 7 aromatic rings. The summed E-state index contributed by atoms with van der Waals surface area (Å²) in [5.41, 5.74) is 7.43. The Hall–Kier alpha value is -4.32. The molecule has 0 spiro atoms. The second-order valence-corrected chi connectivity index (χ2v) is 7.30. The van der Waals surface area contributed by atoms with Gasteiger partial charge in [-0.2, -0.15) is 0 Å². The van der Waals surface area contributed by atoms with Crippen LogP contribution in [0.3, 0.4) is 0 Å². The van der Waals surface area contributed by atoms with E-state index >= 15 is 0 Å². The van der Waals surface area contributed by atoms with Gasteiger partial charge in [-0.1, -0.05) is 24.3 Å². The van der Waals surface area contributed by atoms with Crippen molar-refractivity contribution in [1.82, 2.24) is 28.7 Å².